The predicted molar refractivity (Wildman–Crippen MR) is 75.2 cm³/mol. The maximum absolute atomic E-state index is 11.0. The molecule has 2 unspecified atom stereocenters. The molecule has 1 aliphatic heterocycles. The summed E-state index contributed by atoms with van der Waals surface area (Å²) in [6, 6.07) is 6.52. The number of carboxylic acid groups (broad SMARTS) is 1. The third-order valence-corrected chi connectivity index (χ3v) is 3.59. The van der Waals surface area contributed by atoms with Gasteiger partial charge in [-0.2, -0.15) is 0 Å². The zero-order valence-corrected chi connectivity index (χ0v) is 11.8. The molecule has 0 saturated carbocycles. The van der Waals surface area contributed by atoms with Gasteiger partial charge in [0.15, 0.2) is 0 Å². The molecular formula is C14H18ClNO4. The van der Waals surface area contributed by atoms with Gasteiger partial charge >= 0.3 is 5.97 Å². The highest BCUT2D eigenvalue weighted by Crippen LogP contribution is 2.19. The highest BCUT2D eigenvalue weighted by atomic mass is 35.5. The average Bonchev–Trinajstić information content (AvgIpc) is 2.78. The fraction of sp³-hybridized carbons (Fsp3) is 0.500. The number of nitrogens with zero attached hydrogens (tertiary/aromatic N) is 1. The SMILES string of the molecule is O=C(O)C1CC(O)CN1CCCOc1ccc(Cl)cc1. The molecule has 6 heteroatoms. The van der Waals surface area contributed by atoms with Gasteiger partial charge in [0.05, 0.1) is 12.7 Å². The van der Waals surface area contributed by atoms with Crippen molar-refractivity contribution < 1.29 is 19.7 Å². The van der Waals surface area contributed by atoms with Crippen molar-refractivity contribution in [2.75, 3.05) is 19.7 Å². The van der Waals surface area contributed by atoms with E-state index in [2.05, 4.69) is 0 Å². The monoisotopic (exact) mass is 299 g/mol. The van der Waals surface area contributed by atoms with Crippen LogP contribution in [0.15, 0.2) is 24.3 Å². The zero-order valence-electron chi connectivity index (χ0n) is 11.0. The Morgan fingerprint density at radius 1 is 1.40 bits per heavy atom. The molecule has 2 rings (SSSR count). The van der Waals surface area contributed by atoms with Crippen molar-refractivity contribution >= 4 is 17.6 Å². The first-order chi connectivity index (χ1) is 9.56. The second-order valence-electron chi connectivity index (χ2n) is 4.89. The number of carbonyl (C=O) groups is 1. The van der Waals surface area contributed by atoms with E-state index in [4.69, 9.17) is 21.4 Å². The molecule has 1 fully saturated rings. The van der Waals surface area contributed by atoms with E-state index in [0.717, 1.165) is 5.75 Å². The third-order valence-electron chi connectivity index (χ3n) is 3.34. The molecule has 0 aromatic heterocycles. The molecule has 1 aromatic rings. The molecule has 110 valence electrons. The Balaban J connectivity index is 1.72. The van der Waals surface area contributed by atoms with E-state index in [1.165, 1.54) is 0 Å². The number of carboxylic acids is 1. The van der Waals surface area contributed by atoms with Crippen molar-refractivity contribution in [1.82, 2.24) is 4.90 Å². The number of ether oxygens (including phenoxy) is 1. The number of halogens is 1. The van der Waals surface area contributed by atoms with Crippen molar-refractivity contribution in [1.29, 1.82) is 0 Å². The summed E-state index contributed by atoms with van der Waals surface area (Å²) in [5.41, 5.74) is 0. The van der Waals surface area contributed by atoms with Gasteiger partial charge in [0.25, 0.3) is 0 Å². The lowest BCUT2D eigenvalue weighted by molar-refractivity contribution is -0.142. The number of rotatable bonds is 6. The summed E-state index contributed by atoms with van der Waals surface area (Å²) < 4.78 is 5.55. The molecule has 2 atom stereocenters. The van der Waals surface area contributed by atoms with Crippen molar-refractivity contribution in [2.45, 2.75) is 25.0 Å². The summed E-state index contributed by atoms with van der Waals surface area (Å²) in [7, 11) is 0. The topological polar surface area (TPSA) is 70.0 Å². The smallest absolute Gasteiger partial charge is 0.321 e. The van der Waals surface area contributed by atoms with Crippen LogP contribution < -0.4 is 4.74 Å². The lowest BCUT2D eigenvalue weighted by atomic mass is 10.2. The lowest BCUT2D eigenvalue weighted by Crippen LogP contribution is -2.37. The van der Waals surface area contributed by atoms with Gasteiger partial charge in [0.1, 0.15) is 11.8 Å². The van der Waals surface area contributed by atoms with Gasteiger partial charge in [0.2, 0.25) is 0 Å². The number of aliphatic hydroxyl groups is 1. The van der Waals surface area contributed by atoms with Gasteiger partial charge in [0, 0.05) is 24.5 Å². The van der Waals surface area contributed by atoms with Crippen LogP contribution >= 0.6 is 11.6 Å². The van der Waals surface area contributed by atoms with E-state index in [0.29, 0.717) is 37.6 Å². The number of benzene rings is 1. The normalized spacial score (nSPS) is 22.9. The van der Waals surface area contributed by atoms with Crippen LogP contribution in [0.1, 0.15) is 12.8 Å². The summed E-state index contributed by atoms with van der Waals surface area (Å²) in [5, 5.41) is 19.3. The number of aliphatic hydroxyl groups excluding tert-OH is 1. The van der Waals surface area contributed by atoms with E-state index in [-0.39, 0.29) is 0 Å². The van der Waals surface area contributed by atoms with Gasteiger partial charge in [-0.05, 0) is 30.7 Å². The first-order valence-corrected chi connectivity index (χ1v) is 6.97. The number of β-amino-alcohol motifs (C(OH)–C–C–N with tert-alkyl or cyclic N) is 1. The van der Waals surface area contributed by atoms with Crippen LogP contribution in [0.5, 0.6) is 5.75 Å². The van der Waals surface area contributed by atoms with Gasteiger partial charge in [-0.1, -0.05) is 11.6 Å². The van der Waals surface area contributed by atoms with Crippen LogP contribution in [-0.4, -0.2) is 52.9 Å². The van der Waals surface area contributed by atoms with Crippen molar-refractivity contribution in [3.63, 3.8) is 0 Å². The van der Waals surface area contributed by atoms with E-state index >= 15 is 0 Å². The molecule has 0 amide bonds. The van der Waals surface area contributed by atoms with Gasteiger partial charge in [-0.15, -0.1) is 0 Å². The van der Waals surface area contributed by atoms with Crippen LogP contribution in [0.3, 0.4) is 0 Å². The molecule has 0 spiro atoms. The number of likely N-dealkylation sites (tertiary alicyclic amines) is 1. The summed E-state index contributed by atoms with van der Waals surface area (Å²) in [4.78, 5) is 12.8. The summed E-state index contributed by atoms with van der Waals surface area (Å²) in [6.07, 6.45) is 0.459. The van der Waals surface area contributed by atoms with Crippen LogP contribution in [-0.2, 0) is 4.79 Å². The minimum Gasteiger partial charge on any atom is -0.494 e. The van der Waals surface area contributed by atoms with E-state index in [9.17, 15) is 9.90 Å². The Kier molecular flexibility index (Phi) is 5.23. The van der Waals surface area contributed by atoms with Crippen molar-refractivity contribution in [3.05, 3.63) is 29.3 Å². The lowest BCUT2D eigenvalue weighted by Gasteiger charge is -2.20. The standard InChI is InChI=1S/C14H18ClNO4/c15-10-2-4-12(5-3-10)20-7-1-6-16-9-11(17)8-13(16)14(18)19/h2-5,11,13,17H,1,6-9H2,(H,18,19). The fourth-order valence-electron chi connectivity index (χ4n) is 2.37. The maximum Gasteiger partial charge on any atom is 0.321 e. The Morgan fingerprint density at radius 3 is 2.75 bits per heavy atom. The van der Waals surface area contributed by atoms with Gasteiger partial charge in [-0.3, -0.25) is 9.69 Å². The maximum atomic E-state index is 11.0. The summed E-state index contributed by atoms with van der Waals surface area (Å²) in [5.74, 6) is -0.134. The second kappa shape index (κ2) is 6.92. The van der Waals surface area contributed by atoms with Crippen molar-refractivity contribution in [2.24, 2.45) is 0 Å². The largest absolute Gasteiger partial charge is 0.494 e. The van der Waals surface area contributed by atoms with E-state index in [1.54, 1.807) is 29.2 Å². The predicted octanol–water partition coefficient (Wildman–Crippen LogP) is 1.63. The molecule has 2 N–H and O–H groups in total. The number of hydrogen-bond donors (Lipinski definition) is 2. The fourth-order valence-corrected chi connectivity index (χ4v) is 2.50. The molecule has 5 nitrogen and oxygen atoms in total. The Morgan fingerprint density at radius 2 is 2.10 bits per heavy atom. The first kappa shape index (κ1) is 15.1. The van der Waals surface area contributed by atoms with Gasteiger partial charge < -0.3 is 14.9 Å². The molecule has 1 saturated heterocycles. The van der Waals surface area contributed by atoms with Crippen LogP contribution in [0.25, 0.3) is 0 Å². The zero-order chi connectivity index (χ0) is 14.5. The van der Waals surface area contributed by atoms with Crippen LogP contribution in [0.2, 0.25) is 5.02 Å². The average molecular weight is 300 g/mol. The summed E-state index contributed by atoms with van der Waals surface area (Å²) in [6.45, 7) is 1.51. The number of hydrogen-bond acceptors (Lipinski definition) is 4. The molecule has 0 bridgehead atoms. The summed E-state index contributed by atoms with van der Waals surface area (Å²) >= 11 is 5.78. The van der Waals surface area contributed by atoms with Crippen LogP contribution in [0, 0.1) is 0 Å². The van der Waals surface area contributed by atoms with Crippen molar-refractivity contribution in [3.8, 4) is 5.75 Å². The highest BCUT2D eigenvalue weighted by Gasteiger charge is 2.35. The first-order valence-electron chi connectivity index (χ1n) is 6.59. The molecule has 0 radical (unpaired) electrons. The Hall–Kier alpha value is -1.30. The van der Waals surface area contributed by atoms with E-state index in [1.807, 2.05) is 0 Å². The molecular weight excluding hydrogens is 282 g/mol. The third kappa shape index (κ3) is 4.10. The second-order valence-corrected chi connectivity index (χ2v) is 5.33. The molecule has 1 aromatic carbocycles. The number of aliphatic carboxylic acids is 1. The highest BCUT2D eigenvalue weighted by molar-refractivity contribution is 6.30. The molecule has 20 heavy (non-hydrogen) atoms. The van der Waals surface area contributed by atoms with Gasteiger partial charge in [-0.25, -0.2) is 0 Å². The van der Waals surface area contributed by atoms with E-state index < -0.39 is 18.1 Å². The molecule has 0 aliphatic carbocycles. The molecule has 1 heterocycles. The van der Waals surface area contributed by atoms with Crippen LogP contribution in [0.4, 0.5) is 0 Å². The quantitative estimate of drug-likeness (QED) is 0.781. The minimum atomic E-state index is -0.875. The Bertz CT molecular complexity index is 451. The molecule has 1 aliphatic rings. The minimum absolute atomic E-state index is 0.299. The Labute approximate surface area is 122 Å².